The Hall–Kier alpha value is -1.75. The van der Waals surface area contributed by atoms with E-state index in [1.54, 1.807) is 6.26 Å². The van der Waals surface area contributed by atoms with Crippen LogP contribution in [-0.2, 0) is 0 Å². The molecular formula is C12H10BrN3O. The van der Waals surface area contributed by atoms with E-state index in [-0.39, 0.29) is 0 Å². The lowest BCUT2D eigenvalue weighted by molar-refractivity contribution is 0.579. The maximum absolute atomic E-state index is 6.09. The first-order valence-electron chi connectivity index (χ1n) is 5.15. The highest BCUT2D eigenvalue weighted by Crippen LogP contribution is 2.31. The van der Waals surface area contributed by atoms with Crippen molar-refractivity contribution in [2.45, 2.75) is 6.92 Å². The second kappa shape index (κ2) is 3.63. The quantitative estimate of drug-likeness (QED) is 0.749. The fraction of sp³-hybridized carbons (Fsp3) is 0.0833. The summed E-state index contributed by atoms with van der Waals surface area (Å²) in [7, 11) is 0. The van der Waals surface area contributed by atoms with E-state index >= 15 is 0 Å². The number of aryl methyl sites for hydroxylation is 1. The van der Waals surface area contributed by atoms with Crippen LogP contribution in [0.25, 0.3) is 17.1 Å². The number of rotatable bonds is 1. The third-order valence-electron chi connectivity index (χ3n) is 2.72. The molecule has 3 aromatic heterocycles. The molecule has 0 saturated carbocycles. The molecule has 0 amide bonds. The minimum atomic E-state index is 0.583. The Morgan fingerprint density at radius 3 is 2.88 bits per heavy atom. The number of hydrogen-bond donors (Lipinski definition) is 1. The Bertz CT molecular complexity index is 699. The van der Waals surface area contributed by atoms with Crippen LogP contribution in [0, 0.1) is 6.92 Å². The summed E-state index contributed by atoms with van der Waals surface area (Å²) in [5, 5.41) is 0. The first-order valence-corrected chi connectivity index (χ1v) is 5.94. The lowest BCUT2D eigenvalue weighted by Crippen LogP contribution is -1.93. The number of pyridine rings is 1. The van der Waals surface area contributed by atoms with Gasteiger partial charge in [0.25, 0.3) is 0 Å². The molecular weight excluding hydrogens is 282 g/mol. The molecule has 0 aliphatic rings. The highest BCUT2D eigenvalue weighted by atomic mass is 79.9. The molecule has 0 unspecified atom stereocenters. The molecule has 2 N–H and O–H groups in total. The molecule has 0 fully saturated rings. The number of fused-ring (bicyclic) bond motifs is 1. The molecule has 0 radical (unpaired) electrons. The average molecular weight is 292 g/mol. The van der Waals surface area contributed by atoms with Crippen molar-refractivity contribution in [3.63, 3.8) is 0 Å². The zero-order valence-corrected chi connectivity index (χ0v) is 10.7. The number of aromatic nitrogens is 2. The highest BCUT2D eigenvalue weighted by molar-refractivity contribution is 9.10. The Balaban J connectivity index is 2.36. The van der Waals surface area contributed by atoms with Gasteiger partial charge < -0.3 is 10.2 Å². The van der Waals surface area contributed by atoms with E-state index in [1.807, 2.05) is 35.7 Å². The lowest BCUT2D eigenvalue weighted by atomic mass is 10.2. The van der Waals surface area contributed by atoms with E-state index in [9.17, 15) is 0 Å². The summed E-state index contributed by atoms with van der Waals surface area (Å²) in [6, 6.07) is 5.74. The van der Waals surface area contributed by atoms with Gasteiger partial charge in [-0.3, -0.25) is 4.40 Å². The number of nitrogen functional groups attached to an aromatic ring is 1. The Labute approximate surface area is 106 Å². The Morgan fingerprint density at radius 1 is 1.41 bits per heavy atom. The SMILES string of the molecule is Cc1ccoc1-c1nc2c(Br)cccn2c1N. The van der Waals surface area contributed by atoms with Crippen LogP contribution in [0.4, 0.5) is 5.82 Å². The molecule has 0 saturated heterocycles. The van der Waals surface area contributed by atoms with Crippen molar-refractivity contribution < 1.29 is 4.42 Å². The van der Waals surface area contributed by atoms with Gasteiger partial charge in [0.1, 0.15) is 11.5 Å². The number of halogens is 1. The van der Waals surface area contributed by atoms with Gasteiger partial charge in [-0.05, 0) is 46.6 Å². The summed E-state index contributed by atoms with van der Waals surface area (Å²) in [5.74, 6) is 1.30. The third-order valence-corrected chi connectivity index (χ3v) is 3.34. The molecule has 0 aromatic carbocycles. The van der Waals surface area contributed by atoms with Gasteiger partial charge in [0, 0.05) is 6.20 Å². The normalized spacial score (nSPS) is 11.2. The van der Waals surface area contributed by atoms with Gasteiger partial charge in [-0.1, -0.05) is 0 Å². The van der Waals surface area contributed by atoms with E-state index in [1.165, 1.54) is 0 Å². The third kappa shape index (κ3) is 1.46. The van der Waals surface area contributed by atoms with Gasteiger partial charge in [0.2, 0.25) is 0 Å². The van der Waals surface area contributed by atoms with E-state index in [4.69, 9.17) is 10.2 Å². The van der Waals surface area contributed by atoms with E-state index < -0.39 is 0 Å². The van der Waals surface area contributed by atoms with Crippen molar-refractivity contribution in [1.29, 1.82) is 0 Å². The van der Waals surface area contributed by atoms with Crippen molar-refractivity contribution in [2.24, 2.45) is 0 Å². The van der Waals surface area contributed by atoms with Crippen molar-refractivity contribution >= 4 is 27.4 Å². The number of anilines is 1. The first-order chi connectivity index (χ1) is 8.18. The molecule has 0 aliphatic carbocycles. The molecule has 0 atom stereocenters. The van der Waals surface area contributed by atoms with Crippen molar-refractivity contribution in [2.75, 3.05) is 5.73 Å². The molecule has 4 nitrogen and oxygen atoms in total. The summed E-state index contributed by atoms with van der Waals surface area (Å²) in [6.45, 7) is 1.97. The van der Waals surface area contributed by atoms with Crippen LogP contribution >= 0.6 is 15.9 Å². The number of imidazole rings is 1. The van der Waals surface area contributed by atoms with Crippen LogP contribution in [0.15, 0.2) is 39.5 Å². The van der Waals surface area contributed by atoms with E-state index in [0.29, 0.717) is 11.5 Å². The van der Waals surface area contributed by atoms with Crippen LogP contribution in [0.1, 0.15) is 5.56 Å². The van der Waals surface area contributed by atoms with Crippen LogP contribution < -0.4 is 5.73 Å². The van der Waals surface area contributed by atoms with Gasteiger partial charge in [-0.2, -0.15) is 0 Å². The monoisotopic (exact) mass is 291 g/mol. The predicted molar refractivity (Wildman–Crippen MR) is 69.7 cm³/mol. The average Bonchev–Trinajstić information content (AvgIpc) is 2.85. The lowest BCUT2D eigenvalue weighted by Gasteiger charge is -1.97. The first kappa shape index (κ1) is 10.4. The molecule has 0 aliphatic heterocycles. The second-order valence-electron chi connectivity index (χ2n) is 3.83. The smallest absolute Gasteiger partial charge is 0.158 e. The van der Waals surface area contributed by atoms with Crippen molar-refractivity contribution in [1.82, 2.24) is 9.38 Å². The highest BCUT2D eigenvalue weighted by Gasteiger charge is 2.16. The maximum atomic E-state index is 6.09. The largest absolute Gasteiger partial charge is 0.462 e. The van der Waals surface area contributed by atoms with E-state index in [0.717, 1.165) is 21.4 Å². The van der Waals surface area contributed by atoms with Crippen LogP contribution in [0.2, 0.25) is 0 Å². The molecule has 17 heavy (non-hydrogen) atoms. The summed E-state index contributed by atoms with van der Waals surface area (Å²) < 4.78 is 8.17. The minimum Gasteiger partial charge on any atom is -0.462 e. The fourth-order valence-corrected chi connectivity index (χ4v) is 2.27. The van der Waals surface area contributed by atoms with Gasteiger partial charge in [-0.25, -0.2) is 4.98 Å². The second-order valence-corrected chi connectivity index (χ2v) is 4.68. The molecule has 86 valence electrons. The van der Waals surface area contributed by atoms with Crippen LogP contribution in [-0.4, -0.2) is 9.38 Å². The molecule has 0 bridgehead atoms. The standard InChI is InChI=1S/C12H10BrN3O/c1-7-4-6-17-10(7)9-11(14)16-5-2-3-8(13)12(16)15-9/h2-6H,14H2,1H3. The zero-order valence-electron chi connectivity index (χ0n) is 9.14. The summed E-state index contributed by atoms with van der Waals surface area (Å²) in [6.07, 6.45) is 3.52. The molecule has 3 heterocycles. The number of furan rings is 1. The van der Waals surface area contributed by atoms with Gasteiger partial charge in [-0.15, -0.1) is 0 Å². The molecule has 5 heteroatoms. The molecule has 3 aromatic rings. The summed E-state index contributed by atoms with van der Waals surface area (Å²) in [5.41, 5.74) is 8.58. The number of hydrogen-bond acceptors (Lipinski definition) is 3. The van der Waals surface area contributed by atoms with Crippen LogP contribution in [0.3, 0.4) is 0 Å². The Kier molecular flexibility index (Phi) is 2.22. The van der Waals surface area contributed by atoms with Gasteiger partial charge >= 0.3 is 0 Å². The van der Waals surface area contributed by atoms with Crippen molar-refractivity contribution in [3.05, 3.63) is 40.7 Å². The fourth-order valence-electron chi connectivity index (χ4n) is 1.84. The summed E-state index contributed by atoms with van der Waals surface area (Å²) >= 11 is 3.46. The number of nitrogens with zero attached hydrogens (tertiary/aromatic N) is 2. The van der Waals surface area contributed by atoms with Gasteiger partial charge in [0.05, 0.1) is 10.7 Å². The predicted octanol–water partition coefficient (Wildman–Crippen LogP) is 3.25. The van der Waals surface area contributed by atoms with Gasteiger partial charge in [0.15, 0.2) is 11.4 Å². The molecule has 0 spiro atoms. The maximum Gasteiger partial charge on any atom is 0.158 e. The van der Waals surface area contributed by atoms with Crippen LogP contribution in [0.5, 0.6) is 0 Å². The van der Waals surface area contributed by atoms with E-state index in [2.05, 4.69) is 20.9 Å². The summed E-state index contributed by atoms with van der Waals surface area (Å²) in [4.78, 5) is 4.51. The Morgan fingerprint density at radius 2 is 2.24 bits per heavy atom. The molecule has 3 rings (SSSR count). The van der Waals surface area contributed by atoms with Crippen molar-refractivity contribution in [3.8, 4) is 11.5 Å². The number of nitrogens with two attached hydrogens (primary N) is 1. The topological polar surface area (TPSA) is 56.5 Å². The zero-order chi connectivity index (χ0) is 12.0. The minimum absolute atomic E-state index is 0.583.